The number of ether oxygens (including phenoxy) is 1. The van der Waals surface area contributed by atoms with Gasteiger partial charge in [-0.1, -0.05) is 18.2 Å². The number of hydrogen-bond acceptors (Lipinski definition) is 7. The standard InChI is InChI=1S/C17H18N4O5/c1-11-5-3-4-6-13(11)18-10-16(22)20-19-9-12-7-14(21(24)25)17(23)15(8-12)26-2/h3-9,18,23H,10H2,1-2H3,(H,20,22). The van der Waals surface area contributed by atoms with Crippen LogP contribution in [0.3, 0.4) is 0 Å². The molecule has 136 valence electrons. The molecule has 0 unspecified atom stereocenters. The van der Waals surface area contributed by atoms with Gasteiger partial charge in [-0.15, -0.1) is 0 Å². The lowest BCUT2D eigenvalue weighted by Gasteiger charge is -2.08. The van der Waals surface area contributed by atoms with Crippen LogP contribution in [0.4, 0.5) is 11.4 Å². The Kier molecular flexibility index (Phi) is 6.10. The Bertz CT molecular complexity index is 851. The number of aromatic hydroxyl groups is 1. The number of phenolic OH excluding ortho intramolecular Hbond substituents is 1. The molecule has 9 nitrogen and oxygen atoms in total. The largest absolute Gasteiger partial charge is 0.500 e. The number of aryl methyl sites for hydroxylation is 1. The van der Waals surface area contributed by atoms with Crippen molar-refractivity contribution >= 4 is 23.5 Å². The summed E-state index contributed by atoms with van der Waals surface area (Å²) < 4.78 is 4.89. The number of carbonyl (C=O) groups excluding carboxylic acids is 1. The number of hydrogen-bond donors (Lipinski definition) is 3. The lowest BCUT2D eigenvalue weighted by Crippen LogP contribution is -2.26. The van der Waals surface area contributed by atoms with Gasteiger partial charge in [0, 0.05) is 17.3 Å². The second kappa shape index (κ2) is 8.47. The van der Waals surface area contributed by atoms with E-state index in [1.807, 2.05) is 31.2 Å². The summed E-state index contributed by atoms with van der Waals surface area (Å²) in [4.78, 5) is 22.0. The second-order valence-electron chi connectivity index (χ2n) is 5.31. The van der Waals surface area contributed by atoms with E-state index in [1.165, 1.54) is 19.4 Å². The zero-order valence-corrected chi connectivity index (χ0v) is 14.2. The van der Waals surface area contributed by atoms with Crippen LogP contribution in [0.1, 0.15) is 11.1 Å². The van der Waals surface area contributed by atoms with Gasteiger partial charge in [0.1, 0.15) is 0 Å². The third-order valence-electron chi connectivity index (χ3n) is 3.48. The summed E-state index contributed by atoms with van der Waals surface area (Å²) in [5.74, 6) is -1.01. The van der Waals surface area contributed by atoms with Gasteiger partial charge in [0.25, 0.3) is 5.91 Å². The molecule has 2 rings (SSSR count). The molecule has 0 aliphatic heterocycles. The van der Waals surface area contributed by atoms with Gasteiger partial charge < -0.3 is 15.2 Å². The number of rotatable bonds is 7. The normalized spacial score (nSPS) is 10.5. The first-order valence-electron chi connectivity index (χ1n) is 7.59. The van der Waals surface area contributed by atoms with Crippen LogP contribution in [0, 0.1) is 17.0 Å². The molecule has 0 spiro atoms. The van der Waals surface area contributed by atoms with Gasteiger partial charge in [-0.2, -0.15) is 5.10 Å². The van der Waals surface area contributed by atoms with Crippen LogP contribution < -0.4 is 15.5 Å². The number of nitro groups is 1. The number of nitro benzene ring substituents is 1. The molecule has 26 heavy (non-hydrogen) atoms. The highest BCUT2D eigenvalue weighted by molar-refractivity contribution is 5.86. The first-order chi connectivity index (χ1) is 12.4. The number of nitrogens with one attached hydrogen (secondary N) is 2. The summed E-state index contributed by atoms with van der Waals surface area (Å²) in [5, 5.41) is 27.4. The maximum atomic E-state index is 11.8. The fourth-order valence-electron chi connectivity index (χ4n) is 2.15. The minimum Gasteiger partial charge on any atom is -0.500 e. The lowest BCUT2D eigenvalue weighted by atomic mass is 10.2. The average Bonchev–Trinajstić information content (AvgIpc) is 2.62. The summed E-state index contributed by atoms with van der Waals surface area (Å²) >= 11 is 0. The molecule has 1 amide bonds. The number of carbonyl (C=O) groups is 1. The Labute approximate surface area is 149 Å². The molecule has 2 aromatic carbocycles. The predicted molar refractivity (Wildman–Crippen MR) is 96.7 cm³/mol. The van der Waals surface area contributed by atoms with Gasteiger partial charge in [-0.25, -0.2) is 5.43 Å². The number of amides is 1. The lowest BCUT2D eigenvalue weighted by molar-refractivity contribution is -0.386. The van der Waals surface area contributed by atoms with Crippen LogP contribution in [-0.2, 0) is 4.79 Å². The topological polar surface area (TPSA) is 126 Å². The number of nitrogens with zero attached hydrogens (tertiary/aromatic N) is 2. The van der Waals surface area contributed by atoms with E-state index in [2.05, 4.69) is 15.8 Å². The van der Waals surface area contributed by atoms with Crippen LogP contribution in [0.25, 0.3) is 0 Å². The van der Waals surface area contributed by atoms with Crippen molar-refractivity contribution in [1.82, 2.24) is 5.43 Å². The molecule has 0 atom stereocenters. The van der Waals surface area contributed by atoms with Gasteiger partial charge >= 0.3 is 5.69 Å². The summed E-state index contributed by atoms with van der Waals surface area (Å²) in [5.41, 5.74) is 3.94. The Morgan fingerprint density at radius 2 is 2.12 bits per heavy atom. The van der Waals surface area contributed by atoms with Gasteiger partial charge in [0.2, 0.25) is 5.75 Å². The van der Waals surface area contributed by atoms with E-state index in [4.69, 9.17) is 4.74 Å². The predicted octanol–water partition coefficient (Wildman–Crippen LogP) is 2.18. The molecule has 0 aromatic heterocycles. The van der Waals surface area contributed by atoms with Crippen molar-refractivity contribution in [3.63, 3.8) is 0 Å². The first-order valence-corrected chi connectivity index (χ1v) is 7.59. The molecule has 0 aliphatic carbocycles. The van der Waals surface area contributed by atoms with Crippen molar-refractivity contribution in [1.29, 1.82) is 0 Å². The van der Waals surface area contributed by atoms with E-state index >= 15 is 0 Å². The second-order valence-corrected chi connectivity index (χ2v) is 5.31. The molecule has 0 bridgehead atoms. The van der Waals surface area contributed by atoms with Crippen molar-refractivity contribution in [3.8, 4) is 11.5 Å². The van der Waals surface area contributed by atoms with Crippen molar-refractivity contribution in [2.45, 2.75) is 6.92 Å². The van der Waals surface area contributed by atoms with Crippen LogP contribution in [-0.4, -0.2) is 35.8 Å². The SMILES string of the molecule is COc1cc(C=NNC(=O)CNc2ccccc2C)cc([N+](=O)[O-])c1O. The van der Waals surface area contributed by atoms with Crippen molar-refractivity contribution in [3.05, 3.63) is 57.6 Å². The van der Waals surface area contributed by atoms with E-state index < -0.39 is 16.4 Å². The molecule has 2 aromatic rings. The number of para-hydroxylation sites is 1. The fourth-order valence-corrected chi connectivity index (χ4v) is 2.15. The number of benzene rings is 2. The Morgan fingerprint density at radius 3 is 2.77 bits per heavy atom. The van der Waals surface area contributed by atoms with E-state index in [-0.39, 0.29) is 18.2 Å². The zero-order valence-electron chi connectivity index (χ0n) is 14.2. The zero-order chi connectivity index (χ0) is 19.1. The molecule has 0 radical (unpaired) electrons. The molecule has 0 saturated heterocycles. The van der Waals surface area contributed by atoms with E-state index in [9.17, 15) is 20.0 Å². The smallest absolute Gasteiger partial charge is 0.315 e. The van der Waals surface area contributed by atoms with Crippen molar-refractivity contribution in [2.75, 3.05) is 19.0 Å². The summed E-state index contributed by atoms with van der Waals surface area (Å²) in [7, 11) is 1.28. The van der Waals surface area contributed by atoms with Crippen LogP contribution in [0.2, 0.25) is 0 Å². The van der Waals surface area contributed by atoms with Gasteiger partial charge in [0.15, 0.2) is 5.75 Å². The highest BCUT2D eigenvalue weighted by Gasteiger charge is 2.19. The van der Waals surface area contributed by atoms with E-state index in [0.29, 0.717) is 5.56 Å². The van der Waals surface area contributed by atoms with Crippen molar-refractivity contribution < 1.29 is 19.6 Å². The van der Waals surface area contributed by atoms with Crippen LogP contribution >= 0.6 is 0 Å². The molecule has 9 heteroatoms. The minimum atomic E-state index is -0.736. The Balaban J connectivity index is 1.99. The van der Waals surface area contributed by atoms with E-state index in [1.54, 1.807) is 0 Å². The van der Waals surface area contributed by atoms with Crippen LogP contribution in [0.15, 0.2) is 41.5 Å². The molecule has 3 N–H and O–H groups in total. The molecule has 0 fully saturated rings. The first kappa shape index (κ1) is 18.7. The quantitative estimate of drug-likeness (QED) is 0.396. The molecule has 0 saturated carbocycles. The monoisotopic (exact) mass is 358 g/mol. The average molecular weight is 358 g/mol. The highest BCUT2D eigenvalue weighted by Crippen LogP contribution is 2.36. The number of hydrazone groups is 1. The Hall–Kier alpha value is -3.62. The maximum absolute atomic E-state index is 11.8. The van der Waals surface area contributed by atoms with Gasteiger partial charge in [-0.3, -0.25) is 14.9 Å². The van der Waals surface area contributed by atoms with Crippen molar-refractivity contribution in [2.24, 2.45) is 5.10 Å². The molecule has 0 aliphatic rings. The number of anilines is 1. The third-order valence-corrected chi connectivity index (χ3v) is 3.48. The molecular formula is C17H18N4O5. The van der Waals surface area contributed by atoms with E-state index in [0.717, 1.165) is 17.3 Å². The highest BCUT2D eigenvalue weighted by atomic mass is 16.6. The van der Waals surface area contributed by atoms with Gasteiger partial charge in [-0.05, 0) is 24.6 Å². The third kappa shape index (κ3) is 4.69. The molecular weight excluding hydrogens is 340 g/mol. The minimum absolute atomic E-state index is 0.0151. The summed E-state index contributed by atoms with van der Waals surface area (Å²) in [6.45, 7) is 1.94. The fraction of sp³-hybridized carbons (Fsp3) is 0.176. The number of phenols is 1. The number of methoxy groups -OCH3 is 1. The van der Waals surface area contributed by atoms with Gasteiger partial charge in [0.05, 0.1) is 24.8 Å². The van der Waals surface area contributed by atoms with Crippen LogP contribution in [0.5, 0.6) is 11.5 Å². The summed E-state index contributed by atoms with van der Waals surface area (Å²) in [6.07, 6.45) is 1.22. The Morgan fingerprint density at radius 1 is 1.38 bits per heavy atom. The maximum Gasteiger partial charge on any atom is 0.315 e. The molecule has 0 heterocycles. The summed E-state index contributed by atoms with van der Waals surface area (Å²) in [6, 6.07) is 10.0.